The number of rotatable bonds is 4. The molecule has 1 aliphatic carbocycles. The molecule has 1 aliphatic heterocycles. The Morgan fingerprint density at radius 2 is 1.76 bits per heavy atom. The van der Waals surface area contributed by atoms with Crippen LogP contribution in [0, 0.1) is 5.92 Å². The lowest BCUT2D eigenvalue weighted by molar-refractivity contribution is -0.138. The summed E-state index contributed by atoms with van der Waals surface area (Å²) >= 11 is 0. The average molecular weight is 298 g/mol. The maximum absolute atomic E-state index is 12.6. The van der Waals surface area contributed by atoms with Gasteiger partial charge in [0.15, 0.2) is 0 Å². The lowest BCUT2D eigenvalue weighted by Crippen LogP contribution is -2.52. The lowest BCUT2D eigenvalue weighted by Gasteiger charge is -2.38. The van der Waals surface area contributed by atoms with Crippen LogP contribution in [0.25, 0.3) is 0 Å². The van der Waals surface area contributed by atoms with Crippen molar-refractivity contribution in [1.82, 2.24) is 9.80 Å². The maximum atomic E-state index is 12.6. The summed E-state index contributed by atoms with van der Waals surface area (Å²) in [5.41, 5.74) is 0. The van der Waals surface area contributed by atoms with E-state index in [-0.39, 0.29) is 30.6 Å². The first-order valence-electron chi connectivity index (χ1n) is 7.94. The highest BCUT2D eigenvalue weighted by Crippen LogP contribution is 2.26. The summed E-state index contributed by atoms with van der Waals surface area (Å²) in [5, 5.41) is 18.7. The number of aliphatic carboxylic acids is 1. The zero-order valence-corrected chi connectivity index (χ0v) is 12.7. The van der Waals surface area contributed by atoms with Gasteiger partial charge in [-0.2, -0.15) is 0 Å². The van der Waals surface area contributed by atoms with Crippen molar-refractivity contribution in [3.8, 4) is 0 Å². The van der Waals surface area contributed by atoms with Crippen LogP contribution < -0.4 is 0 Å². The van der Waals surface area contributed by atoms with Gasteiger partial charge in [0.2, 0.25) is 0 Å². The zero-order chi connectivity index (χ0) is 15.4. The van der Waals surface area contributed by atoms with Crippen LogP contribution in [0.1, 0.15) is 45.4 Å². The fourth-order valence-electron chi connectivity index (χ4n) is 3.47. The molecule has 0 spiro atoms. The Hall–Kier alpha value is -1.30. The van der Waals surface area contributed by atoms with E-state index >= 15 is 0 Å². The lowest BCUT2D eigenvalue weighted by atomic mass is 9.92. The summed E-state index contributed by atoms with van der Waals surface area (Å²) in [6, 6.07) is -0.0727. The van der Waals surface area contributed by atoms with Crippen molar-refractivity contribution in [3.63, 3.8) is 0 Å². The van der Waals surface area contributed by atoms with Crippen molar-refractivity contribution in [3.05, 3.63) is 0 Å². The van der Waals surface area contributed by atoms with E-state index in [1.807, 2.05) is 0 Å². The molecule has 1 saturated carbocycles. The van der Waals surface area contributed by atoms with Gasteiger partial charge in [0.25, 0.3) is 0 Å². The third-order valence-corrected chi connectivity index (χ3v) is 4.81. The SMILES string of the molecule is CC(O)C1CCN(C(=O)N(CC(=O)O)C2CCCC2)CC1. The number of amides is 2. The predicted molar refractivity (Wildman–Crippen MR) is 78.0 cm³/mol. The van der Waals surface area contributed by atoms with Gasteiger partial charge in [0.05, 0.1) is 6.10 Å². The summed E-state index contributed by atoms with van der Waals surface area (Å²) in [7, 11) is 0. The quantitative estimate of drug-likeness (QED) is 0.824. The van der Waals surface area contributed by atoms with Gasteiger partial charge in [-0.3, -0.25) is 4.79 Å². The molecule has 1 heterocycles. The van der Waals surface area contributed by atoms with E-state index in [1.165, 1.54) is 4.90 Å². The van der Waals surface area contributed by atoms with Gasteiger partial charge >= 0.3 is 12.0 Å². The van der Waals surface area contributed by atoms with Crippen LogP contribution in [0.3, 0.4) is 0 Å². The molecule has 1 saturated heterocycles. The number of hydrogen-bond acceptors (Lipinski definition) is 3. The number of urea groups is 1. The Labute approximate surface area is 125 Å². The van der Waals surface area contributed by atoms with E-state index in [0.717, 1.165) is 38.5 Å². The van der Waals surface area contributed by atoms with E-state index in [4.69, 9.17) is 5.11 Å². The highest BCUT2D eigenvalue weighted by atomic mass is 16.4. The molecule has 2 rings (SSSR count). The highest BCUT2D eigenvalue weighted by Gasteiger charge is 2.33. The van der Waals surface area contributed by atoms with Crippen molar-refractivity contribution >= 4 is 12.0 Å². The van der Waals surface area contributed by atoms with Crippen LogP contribution in [-0.2, 0) is 4.79 Å². The largest absolute Gasteiger partial charge is 0.480 e. The molecule has 0 aromatic rings. The van der Waals surface area contributed by atoms with Crippen molar-refractivity contribution in [2.24, 2.45) is 5.92 Å². The molecule has 1 unspecified atom stereocenters. The summed E-state index contributed by atoms with van der Waals surface area (Å²) in [5.74, 6) is -0.706. The molecular weight excluding hydrogens is 272 g/mol. The summed E-state index contributed by atoms with van der Waals surface area (Å²) in [4.78, 5) is 27.0. The van der Waals surface area contributed by atoms with E-state index < -0.39 is 5.97 Å². The van der Waals surface area contributed by atoms with Gasteiger partial charge in [-0.05, 0) is 38.5 Å². The number of carbonyl (C=O) groups excluding carboxylic acids is 1. The van der Waals surface area contributed by atoms with Crippen molar-refractivity contribution in [2.75, 3.05) is 19.6 Å². The van der Waals surface area contributed by atoms with Gasteiger partial charge in [0, 0.05) is 19.1 Å². The van der Waals surface area contributed by atoms with Crippen molar-refractivity contribution < 1.29 is 19.8 Å². The number of carbonyl (C=O) groups is 2. The molecule has 0 bridgehead atoms. The van der Waals surface area contributed by atoms with E-state index in [2.05, 4.69) is 0 Å². The van der Waals surface area contributed by atoms with Crippen LogP contribution >= 0.6 is 0 Å². The first-order chi connectivity index (χ1) is 9.99. The molecule has 0 aromatic carbocycles. The Morgan fingerprint density at radius 3 is 2.24 bits per heavy atom. The molecule has 120 valence electrons. The maximum Gasteiger partial charge on any atom is 0.323 e. The molecule has 2 amide bonds. The first kappa shape index (κ1) is 16.1. The second-order valence-electron chi connectivity index (χ2n) is 6.31. The standard InChI is InChI=1S/C15H26N2O4/c1-11(18)12-6-8-16(9-7-12)15(21)17(10-14(19)20)13-4-2-3-5-13/h11-13,18H,2-10H2,1H3,(H,19,20). The fraction of sp³-hybridized carbons (Fsp3) is 0.867. The number of aliphatic hydroxyl groups is 1. The van der Waals surface area contributed by atoms with Gasteiger partial charge in [0.1, 0.15) is 6.54 Å². The van der Waals surface area contributed by atoms with Crippen LogP contribution in [0.4, 0.5) is 4.79 Å². The Morgan fingerprint density at radius 1 is 1.19 bits per heavy atom. The number of nitrogens with zero attached hydrogens (tertiary/aromatic N) is 2. The highest BCUT2D eigenvalue weighted by molar-refractivity contribution is 5.80. The van der Waals surface area contributed by atoms with Gasteiger partial charge in [-0.15, -0.1) is 0 Å². The zero-order valence-electron chi connectivity index (χ0n) is 12.7. The molecular formula is C15H26N2O4. The minimum Gasteiger partial charge on any atom is -0.480 e. The molecule has 21 heavy (non-hydrogen) atoms. The topological polar surface area (TPSA) is 81.1 Å². The van der Waals surface area contributed by atoms with Gasteiger partial charge < -0.3 is 20.0 Å². The van der Waals surface area contributed by atoms with Crippen LogP contribution in [0.5, 0.6) is 0 Å². The first-order valence-corrected chi connectivity index (χ1v) is 7.94. The smallest absolute Gasteiger partial charge is 0.323 e. The average Bonchev–Trinajstić information content (AvgIpc) is 2.98. The number of hydrogen-bond donors (Lipinski definition) is 2. The minimum absolute atomic E-state index is 0.0723. The third-order valence-electron chi connectivity index (χ3n) is 4.81. The molecule has 6 nitrogen and oxygen atoms in total. The molecule has 2 fully saturated rings. The number of aliphatic hydroxyl groups excluding tert-OH is 1. The number of piperidine rings is 1. The molecule has 2 aliphatic rings. The third kappa shape index (κ3) is 4.09. The predicted octanol–water partition coefficient (Wildman–Crippen LogP) is 1.53. The Balaban J connectivity index is 1.96. The van der Waals surface area contributed by atoms with Gasteiger partial charge in [-0.1, -0.05) is 12.8 Å². The Bertz CT molecular complexity index is 372. The monoisotopic (exact) mass is 298 g/mol. The van der Waals surface area contributed by atoms with Crippen LogP contribution in [0.15, 0.2) is 0 Å². The molecule has 0 radical (unpaired) electrons. The normalized spacial score (nSPS) is 22.3. The van der Waals surface area contributed by atoms with Crippen LogP contribution in [-0.4, -0.2) is 63.8 Å². The number of likely N-dealkylation sites (tertiary alicyclic amines) is 1. The minimum atomic E-state index is -0.950. The summed E-state index contributed by atoms with van der Waals surface area (Å²) < 4.78 is 0. The second-order valence-corrected chi connectivity index (χ2v) is 6.31. The van der Waals surface area contributed by atoms with Crippen molar-refractivity contribution in [2.45, 2.75) is 57.6 Å². The number of carboxylic acid groups (broad SMARTS) is 1. The molecule has 6 heteroatoms. The molecule has 1 atom stereocenters. The van der Waals surface area contributed by atoms with Crippen molar-refractivity contribution in [1.29, 1.82) is 0 Å². The Kier molecular flexibility index (Phi) is 5.45. The van der Waals surface area contributed by atoms with E-state index in [1.54, 1.807) is 11.8 Å². The van der Waals surface area contributed by atoms with E-state index in [9.17, 15) is 14.7 Å². The fourth-order valence-corrected chi connectivity index (χ4v) is 3.47. The van der Waals surface area contributed by atoms with Crippen LogP contribution in [0.2, 0.25) is 0 Å². The number of carboxylic acids is 1. The summed E-state index contributed by atoms with van der Waals surface area (Å²) in [6.45, 7) is 2.80. The molecule has 2 N–H and O–H groups in total. The summed E-state index contributed by atoms with van der Waals surface area (Å²) in [6.07, 6.45) is 5.18. The van der Waals surface area contributed by atoms with Gasteiger partial charge in [-0.25, -0.2) is 4.79 Å². The molecule has 0 aromatic heterocycles. The second kappa shape index (κ2) is 7.11. The van der Waals surface area contributed by atoms with E-state index in [0.29, 0.717) is 13.1 Å².